The van der Waals surface area contributed by atoms with E-state index in [-0.39, 0.29) is 5.91 Å². The standard InChI is InChI=1S/C15H24N2O/c1-10-6-12(3)14(13(4)7-10)15(18)17(5)9-11(2)8-16/h6-7,11H,8-9,16H2,1-5H3. The van der Waals surface area contributed by atoms with Crippen molar-refractivity contribution in [2.75, 3.05) is 20.1 Å². The van der Waals surface area contributed by atoms with Crippen LogP contribution in [0.3, 0.4) is 0 Å². The fourth-order valence-electron chi connectivity index (χ4n) is 2.33. The van der Waals surface area contributed by atoms with Crippen LogP contribution in [-0.4, -0.2) is 30.9 Å². The van der Waals surface area contributed by atoms with Crippen LogP contribution in [0, 0.1) is 26.7 Å². The molecule has 3 nitrogen and oxygen atoms in total. The van der Waals surface area contributed by atoms with E-state index in [1.165, 1.54) is 5.56 Å². The Bertz CT molecular complexity index is 417. The molecule has 1 aromatic rings. The van der Waals surface area contributed by atoms with Crippen LogP contribution in [0.15, 0.2) is 12.1 Å². The highest BCUT2D eigenvalue weighted by Crippen LogP contribution is 2.18. The van der Waals surface area contributed by atoms with Crippen LogP contribution in [0.4, 0.5) is 0 Å². The SMILES string of the molecule is Cc1cc(C)c(C(=O)N(C)CC(C)CN)c(C)c1. The number of carbonyl (C=O) groups excluding carboxylic acids is 1. The van der Waals surface area contributed by atoms with Crippen LogP contribution < -0.4 is 5.73 Å². The molecule has 0 radical (unpaired) electrons. The van der Waals surface area contributed by atoms with Crippen LogP contribution >= 0.6 is 0 Å². The minimum Gasteiger partial charge on any atom is -0.341 e. The van der Waals surface area contributed by atoms with Gasteiger partial charge in [0.25, 0.3) is 5.91 Å². The number of hydrogen-bond donors (Lipinski definition) is 1. The van der Waals surface area contributed by atoms with E-state index in [2.05, 4.69) is 26.0 Å². The van der Waals surface area contributed by atoms with Crippen molar-refractivity contribution >= 4 is 5.91 Å². The molecule has 0 aliphatic rings. The lowest BCUT2D eigenvalue weighted by Gasteiger charge is -2.22. The monoisotopic (exact) mass is 248 g/mol. The third kappa shape index (κ3) is 3.33. The zero-order chi connectivity index (χ0) is 13.9. The van der Waals surface area contributed by atoms with Crippen molar-refractivity contribution < 1.29 is 4.79 Å². The van der Waals surface area contributed by atoms with Crippen molar-refractivity contribution in [2.24, 2.45) is 11.7 Å². The number of benzene rings is 1. The molecule has 0 aliphatic heterocycles. The first-order valence-electron chi connectivity index (χ1n) is 6.40. The van der Waals surface area contributed by atoms with Gasteiger partial charge in [-0.3, -0.25) is 4.79 Å². The molecule has 3 heteroatoms. The topological polar surface area (TPSA) is 46.3 Å². The second-order valence-electron chi connectivity index (χ2n) is 5.30. The molecule has 1 rings (SSSR count). The summed E-state index contributed by atoms with van der Waals surface area (Å²) >= 11 is 0. The van der Waals surface area contributed by atoms with Gasteiger partial charge in [-0.1, -0.05) is 24.6 Å². The highest BCUT2D eigenvalue weighted by Gasteiger charge is 2.18. The Morgan fingerprint density at radius 1 is 1.28 bits per heavy atom. The minimum absolute atomic E-state index is 0.0882. The van der Waals surface area contributed by atoms with E-state index in [0.717, 1.165) is 16.7 Å². The third-order valence-electron chi connectivity index (χ3n) is 3.23. The normalized spacial score (nSPS) is 12.3. The van der Waals surface area contributed by atoms with Crippen LogP contribution in [0.2, 0.25) is 0 Å². The van der Waals surface area contributed by atoms with Crippen molar-refractivity contribution in [3.8, 4) is 0 Å². The van der Waals surface area contributed by atoms with Gasteiger partial charge in [0.15, 0.2) is 0 Å². The summed E-state index contributed by atoms with van der Waals surface area (Å²) in [7, 11) is 1.84. The molecule has 0 aromatic heterocycles. The number of amides is 1. The van der Waals surface area contributed by atoms with Gasteiger partial charge in [0, 0.05) is 19.2 Å². The molecule has 0 spiro atoms. The molecule has 0 saturated carbocycles. The summed E-state index contributed by atoms with van der Waals surface area (Å²) in [6.45, 7) is 9.39. The zero-order valence-electron chi connectivity index (χ0n) is 12.1. The van der Waals surface area contributed by atoms with Gasteiger partial charge in [0.1, 0.15) is 0 Å². The quantitative estimate of drug-likeness (QED) is 0.888. The molecule has 0 fully saturated rings. The molecule has 0 bridgehead atoms. The molecule has 1 unspecified atom stereocenters. The highest BCUT2D eigenvalue weighted by atomic mass is 16.2. The van der Waals surface area contributed by atoms with Crippen molar-refractivity contribution in [2.45, 2.75) is 27.7 Å². The number of hydrogen-bond acceptors (Lipinski definition) is 2. The number of nitrogens with zero attached hydrogens (tertiary/aromatic N) is 1. The van der Waals surface area contributed by atoms with E-state index < -0.39 is 0 Å². The lowest BCUT2D eigenvalue weighted by Crippen LogP contribution is -2.34. The summed E-state index contributed by atoms with van der Waals surface area (Å²) in [4.78, 5) is 14.2. The van der Waals surface area contributed by atoms with Gasteiger partial charge < -0.3 is 10.6 Å². The highest BCUT2D eigenvalue weighted by molar-refractivity contribution is 5.97. The molecule has 0 heterocycles. The summed E-state index contributed by atoms with van der Waals surface area (Å²) in [5.74, 6) is 0.412. The van der Waals surface area contributed by atoms with Crippen molar-refractivity contribution in [3.05, 3.63) is 34.4 Å². The second kappa shape index (κ2) is 6.01. The second-order valence-corrected chi connectivity index (χ2v) is 5.30. The fraction of sp³-hybridized carbons (Fsp3) is 0.533. The Balaban J connectivity index is 2.97. The summed E-state index contributed by atoms with van der Waals surface area (Å²) in [6, 6.07) is 4.11. The fourth-order valence-corrected chi connectivity index (χ4v) is 2.33. The molecule has 1 aromatic carbocycles. The number of carbonyl (C=O) groups is 1. The average Bonchev–Trinajstić information content (AvgIpc) is 2.27. The third-order valence-corrected chi connectivity index (χ3v) is 3.23. The summed E-state index contributed by atoms with van der Waals surface area (Å²) < 4.78 is 0. The minimum atomic E-state index is 0.0882. The van der Waals surface area contributed by atoms with Gasteiger partial charge in [-0.05, 0) is 44.4 Å². The van der Waals surface area contributed by atoms with Crippen LogP contribution in [-0.2, 0) is 0 Å². The maximum Gasteiger partial charge on any atom is 0.254 e. The maximum absolute atomic E-state index is 12.4. The van der Waals surface area contributed by atoms with Gasteiger partial charge in [-0.15, -0.1) is 0 Å². The Morgan fingerprint density at radius 3 is 2.22 bits per heavy atom. The first-order chi connectivity index (χ1) is 8.36. The van der Waals surface area contributed by atoms with E-state index in [0.29, 0.717) is 19.0 Å². The molecule has 2 N–H and O–H groups in total. The van der Waals surface area contributed by atoms with E-state index in [1.807, 2.05) is 20.9 Å². The van der Waals surface area contributed by atoms with Crippen molar-refractivity contribution in [3.63, 3.8) is 0 Å². The lowest BCUT2D eigenvalue weighted by molar-refractivity contribution is 0.0776. The first-order valence-corrected chi connectivity index (χ1v) is 6.40. The Labute approximate surface area is 110 Å². The number of aryl methyl sites for hydroxylation is 3. The Hall–Kier alpha value is -1.35. The first kappa shape index (κ1) is 14.7. The summed E-state index contributed by atoms with van der Waals surface area (Å²) in [5.41, 5.74) is 9.71. The van der Waals surface area contributed by atoms with Gasteiger partial charge in [0.05, 0.1) is 0 Å². The van der Waals surface area contributed by atoms with Gasteiger partial charge in [-0.25, -0.2) is 0 Å². The molecular weight excluding hydrogens is 224 g/mol. The van der Waals surface area contributed by atoms with Crippen molar-refractivity contribution in [1.29, 1.82) is 0 Å². The number of rotatable bonds is 4. The van der Waals surface area contributed by atoms with E-state index in [4.69, 9.17) is 5.73 Å². The zero-order valence-corrected chi connectivity index (χ0v) is 12.1. The smallest absolute Gasteiger partial charge is 0.254 e. The van der Waals surface area contributed by atoms with Gasteiger partial charge >= 0.3 is 0 Å². The lowest BCUT2D eigenvalue weighted by atomic mass is 9.98. The molecule has 0 saturated heterocycles. The molecule has 0 aliphatic carbocycles. The Kier molecular flexibility index (Phi) is 4.91. The van der Waals surface area contributed by atoms with Crippen LogP contribution in [0.25, 0.3) is 0 Å². The molecule has 1 atom stereocenters. The number of nitrogens with two attached hydrogens (primary N) is 1. The van der Waals surface area contributed by atoms with Crippen LogP contribution in [0.1, 0.15) is 34.0 Å². The van der Waals surface area contributed by atoms with Gasteiger partial charge in [-0.2, -0.15) is 0 Å². The summed E-state index contributed by atoms with van der Waals surface area (Å²) in [5, 5.41) is 0. The predicted octanol–water partition coefficient (Wildman–Crippen LogP) is 2.28. The van der Waals surface area contributed by atoms with Crippen LogP contribution in [0.5, 0.6) is 0 Å². The average molecular weight is 248 g/mol. The predicted molar refractivity (Wildman–Crippen MR) is 75.8 cm³/mol. The van der Waals surface area contributed by atoms with E-state index in [1.54, 1.807) is 4.90 Å². The van der Waals surface area contributed by atoms with Gasteiger partial charge in [0.2, 0.25) is 0 Å². The summed E-state index contributed by atoms with van der Waals surface area (Å²) in [6.07, 6.45) is 0. The largest absolute Gasteiger partial charge is 0.341 e. The molecule has 100 valence electrons. The van der Waals surface area contributed by atoms with Crippen molar-refractivity contribution in [1.82, 2.24) is 4.90 Å². The molecule has 18 heavy (non-hydrogen) atoms. The van der Waals surface area contributed by atoms with E-state index in [9.17, 15) is 4.79 Å². The molecular formula is C15H24N2O. The Morgan fingerprint density at radius 2 is 1.78 bits per heavy atom. The molecule has 1 amide bonds. The van der Waals surface area contributed by atoms with E-state index >= 15 is 0 Å². The maximum atomic E-state index is 12.4.